The summed E-state index contributed by atoms with van der Waals surface area (Å²) in [6, 6.07) is 14.1. The molecule has 0 amide bonds. The van der Waals surface area contributed by atoms with Crippen LogP contribution in [-0.4, -0.2) is 25.4 Å². The number of rotatable bonds is 3. The van der Waals surface area contributed by atoms with Gasteiger partial charge >= 0.3 is 5.04 Å². The van der Waals surface area contributed by atoms with E-state index in [0.717, 1.165) is 0 Å². The highest BCUT2D eigenvalue weighted by molar-refractivity contribution is 8.06. The van der Waals surface area contributed by atoms with Crippen LogP contribution in [0.4, 0.5) is 0 Å². The van der Waals surface area contributed by atoms with Gasteiger partial charge < -0.3 is 10.3 Å². The van der Waals surface area contributed by atoms with Gasteiger partial charge in [-0.15, -0.1) is 0 Å². The van der Waals surface area contributed by atoms with Crippen LogP contribution in [0.3, 0.4) is 0 Å². The van der Waals surface area contributed by atoms with Crippen LogP contribution in [0.1, 0.15) is 5.56 Å². The number of benzene rings is 2. The van der Waals surface area contributed by atoms with E-state index < -0.39 is 14.9 Å². The monoisotopic (exact) mass is 288 g/mol. The molecule has 0 saturated carbocycles. The minimum Gasteiger partial charge on any atom is -0.497 e. The van der Waals surface area contributed by atoms with E-state index in [4.69, 9.17) is 10.3 Å². The molecule has 0 radical (unpaired) electrons. The van der Waals surface area contributed by atoms with Crippen LogP contribution in [0, 0.1) is 0 Å². The fourth-order valence-corrected chi connectivity index (χ4v) is 3.02. The predicted octanol–water partition coefficient (Wildman–Crippen LogP) is 2.15. The van der Waals surface area contributed by atoms with Gasteiger partial charge in [-0.2, -0.15) is 4.79 Å². The standard InChI is InChI=1S/C14H12N2O3S/c1-19-12-7-5-6-11(10-12)14(16-15)20(17,18)13-8-3-2-4-9-13/h2-10H,1H3. The molecule has 102 valence electrons. The molecule has 0 aliphatic carbocycles. The van der Waals surface area contributed by atoms with Gasteiger partial charge in [0.05, 0.1) is 17.6 Å². The number of nitrogens with zero attached hydrogens (tertiary/aromatic N) is 2. The lowest BCUT2D eigenvalue weighted by Crippen LogP contribution is -2.17. The van der Waals surface area contributed by atoms with E-state index in [9.17, 15) is 8.42 Å². The third-order valence-electron chi connectivity index (χ3n) is 2.72. The van der Waals surface area contributed by atoms with Crippen LogP contribution in [0.5, 0.6) is 5.75 Å². The Morgan fingerprint density at radius 1 is 1.10 bits per heavy atom. The van der Waals surface area contributed by atoms with Crippen molar-refractivity contribution in [1.29, 1.82) is 0 Å². The average molecular weight is 288 g/mol. The third-order valence-corrected chi connectivity index (χ3v) is 4.43. The summed E-state index contributed by atoms with van der Waals surface area (Å²) in [6.45, 7) is 0. The van der Waals surface area contributed by atoms with Gasteiger partial charge in [-0.3, -0.25) is 0 Å². The summed E-state index contributed by atoms with van der Waals surface area (Å²) in [5, 5.41) is -0.414. The molecule has 0 aromatic heterocycles. The van der Waals surface area contributed by atoms with E-state index in [1.165, 1.54) is 31.4 Å². The van der Waals surface area contributed by atoms with Crippen LogP contribution in [0.2, 0.25) is 0 Å². The van der Waals surface area contributed by atoms with E-state index in [2.05, 4.69) is 4.79 Å². The molecule has 2 aromatic carbocycles. The molecule has 0 unspecified atom stereocenters. The molecule has 0 fully saturated rings. The minimum atomic E-state index is -3.88. The fraction of sp³-hybridized carbons (Fsp3) is 0.0714. The van der Waals surface area contributed by atoms with Gasteiger partial charge in [0.15, 0.2) is 0 Å². The van der Waals surface area contributed by atoms with Crippen molar-refractivity contribution >= 4 is 14.9 Å². The average Bonchev–Trinajstić information content (AvgIpc) is 2.49. The first-order valence-electron chi connectivity index (χ1n) is 5.76. The zero-order chi connectivity index (χ0) is 14.6. The van der Waals surface area contributed by atoms with Crippen LogP contribution >= 0.6 is 0 Å². The Hall–Kier alpha value is -2.43. The van der Waals surface area contributed by atoms with Crippen LogP contribution < -0.4 is 4.74 Å². The SMILES string of the molecule is COc1cccc(C(=[N+]=[N-])S(=O)(=O)c2ccccc2)c1. The maximum Gasteiger partial charge on any atom is 0.416 e. The van der Waals surface area contributed by atoms with Crippen LogP contribution in [-0.2, 0) is 9.84 Å². The molecule has 0 aliphatic rings. The number of hydrogen-bond donors (Lipinski definition) is 0. The lowest BCUT2D eigenvalue weighted by Gasteiger charge is -2.02. The molecule has 0 heterocycles. The highest BCUT2D eigenvalue weighted by Crippen LogP contribution is 2.19. The van der Waals surface area contributed by atoms with Crippen LogP contribution in [0.25, 0.3) is 5.53 Å². The molecule has 20 heavy (non-hydrogen) atoms. The summed E-state index contributed by atoms with van der Waals surface area (Å²) in [7, 11) is -2.41. The van der Waals surface area contributed by atoms with Crippen molar-refractivity contribution in [2.75, 3.05) is 7.11 Å². The highest BCUT2D eigenvalue weighted by Gasteiger charge is 2.32. The third kappa shape index (κ3) is 2.61. The fourth-order valence-electron chi connectivity index (χ4n) is 1.73. The predicted molar refractivity (Wildman–Crippen MR) is 74.4 cm³/mol. The van der Waals surface area contributed by atoms with Gasteiger partial charge in [-0.1, -0.05) is 24.3 Å². The van der Waals surface area contributed by atoms with E-state index in [1.807, 2.05) is 0 Å². The Labute approximate surface area is 117 Å². The van der Waals surface area contributed by atoms with Gasteiger partial charge in [-0.25, -0.2) is 8.42 Å². The molecule has 2 rings (SSSR count). The topological polar surface area (TPSA) is 79.8 Å². The first-order chi connectivity index (χ1) is 9.59. The maximum atomic E-state index is 12.4. The molecule has 0 bridgehead atoms. The van der Waals surface area contributed by atoms with E-state index in [-0.39, 0.29) is 10.5 Å². The molecule has 2 aromatic rings. The summed E-state index contributed by atoms with van der Waals surface area (Å²) in [5.74, 6) is 0.479. The summed E-state index contributed by atoms with van der Waals surface area (Å²) in [6.07, 6.45) is 0. The summed E-state index contributed by atoms with van der Waals surface area (Å²) in [4.78, 5) is 3.02. The number of methoxy groups -OCH3 is 1. The molecular weight excluding hydrogens is 276 g/mol. The summed E-state index contributed by atoms with van der Waals surface area (Å²) >= 11 is 0. The first-order valence-corrected chi connectivity index (χ1v) is 7.24. The van der Waals surface area contributed by atoms with Crippen molar-refractivity contribution in [3.8, 4) is 5.75 Å². The highest BCUT2D eigenvalue weighted by atomic mass is 32.2. The van der Waals surface area contributed by atoms with Crippen molar-refractivity contribution in [2.24, 2.45) is 0 Å². The molecule has 0 atom stereocenters. The molecule has 0 aliphatic heterocycles. The lowest BCUT2D eigenvalue weighted by molar-refractivity contribution is 0.000589. The second-order valence-electron chi connectivity index (χ2n) is 3.95. The Morgan fingerprint density at radius 2 is 1.80 bits per heavy atom. The zero-order valence-corrected chi connectivity index (χ0v) is 11.5. The van der Waals surface area contributed by atoms with E-state index in [1.54, 1.807) is 30.3 Å². The Bertz CT molecular complexity index is 764. The number of hydrogen-bond acceptors (Lipinski definition) is 3. The molecular formula is C14H12N2O3S. The zero-order valence-electron chi connectivity index (χ0n) is 10.7. The summed E-state index contributed by atoms with van der Waals surface area (Å²) in [5.41, 5.74) is 9.37. The van der Waals surface area contributed by atoms with Gasteiger partial charge in [0.2, 0.25) is 0 Å². The van der Waals surface area contributed by atoms with E-state index >= 15 is 0 Å². The van der Waals surface area contributed by atoms with Crippen molar-refractivity contribution in [3.05, 3.63) is 65.7 Å². The normalized spacial score (nSPS) is 10.7. The second-order valence-corrected chi connectivity index (χ2v) is 5.82. The number of ether oxygens (including phenoxy) is 1. The molecule has 6 heteroatoms. The minimum absolute atomic E-state index is 0.0654. The smallest absolute Gasteiger partial charge is 0.416 e. The molecule has 0 spiro atoms. The van der Waals surface area contributed by atoms with Gasteiger partial charge in [0.1, 0.15) is 5.75 Å². The van der Waals surface area contributed by atoms with Gasteiger partial charge in [0.25, 0.3) is 9.84 Å². The van der Waals surface area contributed by atoms with Crippen LogP contribution in [0.15, 0.2) is 59.5 Å². The second kappa shape index (κ2) is 5.69. The van der Waals surface area contributed by atoms with Crippen molar-refractivity contribution in [2.45, 2.75) is 4.90 Å². The Balaban J connectivity index is 2.56. The lowest BCUT2D eigenvalue weighted by atomic mass is 10.2. The van der Waals surface area contributed by atoms with Crippen molar-refractivity contribution in [3.63, 3.8) is 0 Å². The van der Waals surface area contributed by atoms with Crippen molar-refractivity contribution in [1.82, 2.24) is 0 Å². The Morgan fingerprint density at radius 3 is 2.40 bits per heavy atom. The maximum absolute atomic E-state index is 12.4. The van der Waals surface area contributed by atoms with Crippen molar-refractivity contribution < 1.29 is 17.9 Å². The largest absolute Gasteiger partial charge is 0.497 e. The molecule has 0 N–H and O–H groups in total. The summed E-state index contributed by atoms with van der Waals surface area (Å²) < 4.78 is 29.9. The molecule has 5 nitrogen and oxygen atoms in total. The first kappa shape index (κ1) is 14.0. The van der Waals surface area contributed by atoms with Gasteiger partial charge in [0, 0.05) is 0 Å². The Kier molecular flexibility index (Phi) is 3.98. The van der Waals surface area contributed by atoms with E-state index in [0.29, 0.717) is 5.75 Å². The van der Waals surface area contributed by atoms with Gasteiger partial charge in [-0.05, 0) is 30.3 Å². The number of sulfone groups is 1. The molecule has 0 saturated heterocycles. The quantitative estimate of drug-likeness (QED) is 0.375.